The van der Waals surface area contributed by atoms with Crippen LogP contribution in [0.5, 0.6) is 0 Å². The Labute approximate surface area is 255 Å². The summed E-state index contributed by atoms with van der Waals surface area (Å²) in [6.45, 7) is 24.3. The Morgan fingerprint density at radius 2 is 1.57 bits per heavy atom. The lowest BCUT2D eigenvalue weighted by Gasteiger charge is -2.44. The average molecular weight is 593 g/mol. The number of carboxylic acids is 1. The van der Waals surface area contributed by atoms with Gasteiger partial charge in [-0.3, -0.25) is 9.59 Å². The van der Waals surface area contributed by atoms with Gasteiger partial charge in [0.1, 0.15) is 6.10 Å². The van der Waals surface area contributed by atoms with E-state index in [1.807, 2.05) is 55.4 Å². The Kier molecular flexibility index (Phi) is 12.9. The van der Waals surface area contributed by atoms with Crippen LogP contribution in [0, 0.1) is 23.7 Å². The van der Waals surface area contributed by atoms with Gasteiger partial charge in [0, 0.05) is 18.8 Å². The molecular weight excluding hydrogens is 532 g/mol. The van der Waals surface area contributed by atoms with Gasteiger partial charge >= 0.3 is 11.9 Å². The minimum atomic E-state index is -0.875. The maximum Gasteiger partial charge on any atom is 0.308 e. The molecule has 0 aliphatic heterocycles. The topological polar surface area (TPSA) is 91.3 Å². The van der Waals surface area contributed by atoms with Gasteiger partial charge < -0.3 is 24.1 Å². The van der Waals surface area contributed by atoms with Gasteiger partial charge in [-0.05, 0) is 99.0 Å². The molecule has 7 heteroatoms. The molecule has 242 valence electrons. The minimum absolute atomic E-state index is 0.0637. The van der Waals surface area contributed by atoms with Crippen LogP contribution in [0.25, 0.3) is 0 Å². The van der Waals surface area contributed by atoms with E-state index in [2.05, 4.69) is 45.9 Å². The van der Waals surface area contributed by atoms with Crippen molar-refractivity contribution in [3.63, 3.8) is 0 Å². The van der Waals surface area contributed by atoms with Gasteiger partial charge in [-0.25, -0.2) is 0 Å². The number of esters is 1. The first kappa shape index (κ1) is 36.5. The summed E-state index contributed by atoms with van der Waals surface area (Å²) in [5.74, 6) is -0.598. The number of carboxylic acid groups (broad SMARTS) is 1. The number of aliphatic carboxylic acids is 1. The fraction of sp³-hybridized carbons (Fsp3) is 0.829. The normalized spacial score (nSPS) is 27.0. The first-order chi connectivity index (χ1) is 19.2. The average Bonchev–Trinajstić information content (AvgIpc) is 2.79. The van der Waals surface area contributed by atoms with E-state index in [4.69, 9.17) is 18.9 Å². The summed E-state index contributed by atoms with van der Waals surface area (Å²) in [6.07, 6.45) is 9.04. The Bertz CT molecular complexity index is 946. The molecule has 0 radical (unpaired) electrons. The summed E-state index contributed by atoms with van der Waals surface area (Å²) >= 11 is 0. The molecule has 0 spiro atoms. The third-order valence-electron chi connectivity index (χ3n) is 7.93. The predicted octanol–water partition coefficient (Wildman–Crippen LogP) is 7.91. The second-order valence-corrected chi connectivity index (χ2v) is 15.5. The Morgan fingerprint density at radius 3 is 2.10 bits per heavy atom. The number of hydrogen-bond donors (Lipinski definition) is 1. The Hall–Kier alpha value is -1.70. The van der Waals surface area contributed by atoms with Crippen LogP contribution < -0.4 is 0 Å². The highest BCUT2D eigenvalue weighted by Gasteiger charge is 2.43. The van der Waals surface area contributed by atoms with Crippen molar-refractivity contribution in [3.05, 3.63) is 23.8 Å². The molecule has 0 aromatic carbocycles. The van der Waals surface area contributed by atoms with Gasteiger partial charge in [0.05, 0.1) is 47.5 Å². The molecule has 0 aromatic heterocycles. The van der Waals surface area contributed by atoms with Crippen LogP contribution in [0.4, 0.5) is 0 Å². The molecule has 1 N–H and O–H groups in total. The van der Waals surface area contributed by atoms with E-state index in [0.29, 0.717) is 12.8 Å². The minimum Gasteiger partial charge on any atom is -0.481 e. The zero-order valence-corrected chi connectivity index (χ0v) is 28.5. The molecule has 0 unspecified atom stereocenters. The van der Waals surface area contributed by atoms with Crippen LogP contribution in [0.15, 0.2) is 23.8 Å². The predicted molar refractivity (Wildman–Crippen MR) is 167 cm³/mol. The third-order valence-corrected chi connectivity index (χ3v) is 7.93. The third kappa shape index (κ3) is 12.5. The lowest BCUT2D eigenvalue weighted by atomic mass is 9.66. The molecule has 0 saturated carbocycles. The van der Waals surface area contributed by atoms with E-state index >= 15 is 0 Å². The lowest BCUT2D eigenvalue weighted by Crippen LogP contribution is -2.45. The van der Waals surface area contributed by atoms with Crippen molar-refractivity contribution in [1.29, 1.82) is 0 Å². The summed E-state index contributed by atoms with van der Waals surface area (Å²) in [4.78, 5) is 24.7. The monoisotopic (exact) mass is 592 g/mol. The fourth-order valence-corrected chi connectivity index (χ4v) is 6.20. The van der Waals surface area contributed by atoms with E-state index in [1.54, 1.807) is 0 Å². The number of rotatable bonds is 13. The largest absolute Gasteiger partial charge is 0.481 e. The van der Waals surface area contributed by atoms with Crippen LogP contribution >= 0.6 is 0 Å². The number of hydrogen-bond acceptors (Lipinski definition) is 6. The number of carbonyl (C=O) groups excluding carboxylic acids is 1. The van der Waals surface area contributed by atoms with E-state index in [1.165, 1.54) is 5.57 Å². The molecule has 2 aliphatic rings. The number of ether oxygens (including phenoxy) is 4. The van der Waals surface area contributed by atoms with E-state index in [9.17, 15) is 14.7 Å². The quantitative estimate of drug-likeness (QED) is 0.217. The smallest absolute Gasteiger partial charge is 0.308 e. The van der Waals surface area contributed by atoms with Crippen molar-refractivity contribution in [2.75, 3.05) is 0 Å². The first-order valence-corrected chi connectivity index (χ1v) is 16.0. The molecule has 0 bridgehead atoms. The highest BCUT2D eigenvalue weighted by Crippen LogP contribution is 2.45. The van der Waals surface area contributed by atoms with Crippen molar-refractivity contribution in [1.82, 2.24) is 0 Å². The van der Waals surface area contributed by atoms with Crippen LogP contribution in [-0.4, -0.2) is 58.3 Å². The van der Waals surface area contributed by atoms with Crippen molar-refractivity contribution in [2.45, 2.75) is 163 Å². The van der Waals surface area contributed by atoms with Gasteiger partial charge in [-0.1, -0.05) is 39.0 Å². The van der Waals surface area contributed by atoms with E-state index in [-0.39, 0.29) is 65.6 Å². The molecule has 2 rings (SSSR count). The highest BCUT2D eigenvalue weighted by molar-refractivity contribution is 5.72. The number of allylic oxidation sites excluding steroid dienone is 2. The Balaban J connectivity index is 2.36. The van der Waals surface area contributed by atoms with Crippen molar-refractivity contribution >= 4 is 11.9 Å². The SMILES string of the molecule is CC[C@H](C)C(=O)O[C@H]1C[C@H](OC(C)(C)C)C=C2C=C[C@H](C)[C@H](CC[C@H](C[C@H](CC(=O)O)OC(C)(C)C)OC(C)(C)C)[C@H]21. The molecule has 2 aliphatic carbocycles. The first-order valence-electron chi connectivity index (χ1n) is 16.0. The van der Waals surface area contributed by atoms with E-state index < -0.39 is 17.7 Å². The number of fused-ring (bicyclic) bond motifs is 1. The molecule has 0 fully saturated rings. The molecule has 42 heavy (non-hydrogen) atoms. The van der Waals surface area contributed by atoms with Gasteiger partial charge in [0.25, 0.3) is 0 Å². The molecule has 0 aromatic rings. The van der Waals surface area contributed by atoms with Crippen LogP contribution in [0.2, 0.25) is 0 Å². The van der Waals surface area contributed by atoms with Gasteiger partial charge in [0.15, 0.2) is 0 Å². The molecule has 8 atom stereocenters. The van der Waals surface area contributed by atoms with Crippen LogP contribution in [0.3, 0.4) is 0 Å². The standard InChI is InChI=1S/C35H60O7/c1-13-22(2)32(38)39-29-20-26(41-34(7,8)9)18-24-15-14-23(3)28(31(24)29)17-16-25(40-33(4,5)6)19-27(21-30(36)37)42-35(10,11)12/h14-15,18,22-23,25-29,31H,13,16-17,19-21H2,1-12H3,(H,36,37)/t22-,23-,25+,26+,27+,28-,29-,31-/m0/s1. The summed E-state index contributed by atoms with van der Waals surface area (Å²) in [5.41, 5.74) is 0.00736. The summed E-state index contributed by atoms with van der Waals surface area (Å²) in [5, 5.41) is 9.59. The summed E-state index contributed by atoms with van der Waals surface area (Å²) in [6, 6.07) is 0. The van der Waals surface area contributed by atoms with Gasteiger partial charge in [-0.2, -0.15) is 0 Å². The highest BCUT2D eigenvalue weighted by atomic mass is 16.6. The van der Waals surface area contributed by atoms with Gasteiger partial charge in [0.2, 0.25) is 0 Å². The lowest BCUT2D eigenvalue weighted by molar-refractivity contribution is -0.162. The van der Waals surface area contributed by atoms with Crippen molar-refractivity contribution in [2.24, 2.45) is 23.7 Å². The molecule has 0 heterocycles. The van der Waals surface area contributed by atoms with E-state index in [0.717, 1.165) is 19.3 Å². The second-order valence-electron chi connectivity index (χ2n) is 15.5. The molecule has 7 nitrogen and oxygen atoms in total. The number of carbonyl (C=O) groups is 2. The fourth-order valence-electron chi connectivity index (χ4n) is 6.20. The molecule has 0 amide bonds. The van der Waals surface area contributed by atoms with Gasteiger partial charge in [-0.15, -0.1) is 0 Å². The van der Waals surface area contributed by atoms with Crippen molar-refractivity contribution < 1.29 is 33.6 Å². The maximum atomic E-state index is 13.1. The second kappa shape index (κ2) is 14.9. The molecular formula is C35H60O7. The zero-order valence-electron chi connectivity index (χ0n) is 28.5. The maximum absolute atomic E-state index is 13.1. The summed E-state index contributed by atoms with van der Waals surface area (Å²) in [7, 11) is 0. The zero-order chi connectivity index (χ0) is 32.0. The summed E-state index contributed by atoms with van der Waals surface area (Å²) < 4.78 is 25.4. The molecule has 0 saturated heterocycles. The van der Waals surface area contributed by atoms with Crippen LogP contribution in [0.1, 0.15) is 122 Å². The van der Waals surface area contributed by atoms with Crippen LogP contribution in [-0.2, 0) is 28.5 Å². The Morgan fingerprint density at radius 1 is 0.976 bits per heavy atom. The van der Waals surface area contributed by atoms with Crippen molar-refractivity contribution in [3.8, 4) is 0 Å².